The van der Waals surface area contributed by atoms with Crippen LogP contribution in [-0.2, 0) is 4.79 Å². The highest BCUT2D eigenvalue weighted by atomic mass is 35.5. The van der Waals surface area contributed by atoms with Gasteiger partial charge in [0.05, 0.1) is 20.8 Å². The van der Waals surface area contributed by atoms with Gasteiger partial charge in [0.25, 0.3) is 0 Å². The molecule has 1 fully saturated rings. The van der Waals surface area contributed by atoms with Gasteiger partial charge >= 0.3 is 0 Å². The van der Waals surface area contributed by atoms with Gasteiger partial charge in [-0.15, -0.1) is 0 Å². The Kier molecular flexibility index (Phi) is 7.78. The number of halogens is 3. The molecule has 2 aromatic carbocycles. The zero-order chi connectivity index (χ0) is 20.8. The van der Waals surface area contributed by atoms with Crippen molar-refractivity contribution in [1.82, 2.24) is 10.3 Å². The van der Waals surface area contributed by atoms with Crippen LogP contribution in [0.25, 0.3) is 0 Å². The van der Waals surface area contributed by atoms with Crippen molar-refractivity contribution in [3.8, 4) is 0 Å². The molecule has 0 atom stereocenters. The van der Waals surface area contributed by atoms with E-state index in [2.05, 4.69) is 44.6 Å². The molecular formula is C21H23Cl3N4O. The predicted octanol–water partition coefficient (Wildman–Crippen LogP) is 4.70. The Morgan fingerprint density at radius 1 is 1.00 bits per heavy atom. The van der Waals surface area contributed by atoms with E-state index in [0.717, 1.165) is 26.2 Å². The first kappa shape index (κ1) is 21.9. The number of nitrogens with zero attached hydrogens (tertiary/aromatic N) is 3. The van der Waals surface area contributed by atoms with Gasteiger partial charge in [-0.25, -0.2) is 5.43 Å². The van der Waals surface area contributed by atoms with Crippen LogP contribution >= 0.6 is 34.8 Å². The van der Waals surface area contributed by atoms with Gasteiger partial charge in [0.15, 0.2) is 0 Å². The number of amides is 1. The summed E-state index contributed by atoms with van der Waals surface area (Å²) in [5.41, 5.74) is 5.05. The molecule has 0 unspecified atom stereocenters. The van der Waals surface area contributed by atoms with Crippen LogP contribution in [0, 0.1) is 0 Å². The molecule has 2 aromatic rings. The number of anilines is 1. The lowest BCUT2D eigenvalue weighted by molar-refractivity contribution is -0.121. The van der Waals surface area contributed by atoms with Gasteiger partial charge in [-0.05, 0) is 25.1 Å². The van der Waals surface area contributed by atoms with Crippen LogP contribution in [0.3, 0.4) is 0 Å². The number of benzene rings is 2. The lowest BCUT2D eigenvalue weighted by Crippen LogP contribution is -2.47. The van der Waals surface area contributed by atoms with Crippen molar-refractivity contribution in [2.24, 2.45) is 5.10 Å². The SMILES string of the molecule is C/C(=N\NC(=O)CCN1CCN(c2ccccc2)CC1)c1ccc(Cl)c(Cl)c1Cl. The third kappa shape index (κ3) is 5.86. The Balaban J connectivity index is 1.45. The molecule has 1 aliphatic heterocycles. The molecule has 1 aliphatic rings. The van der Waals surface area contributed by atoms with Gasteiger partial charge in [-0.3, -0.25) is 9.69 Å². The van der Waals surface area contributed by atoms with Crippen LogP contribution in [0.4, 0.5) is 5.69 Å². The molecule has 1 amide bonds. The van der Waals surface area contributed by atoms with Gasteiger partial charge in [0, 0.05) is 50.4 Å². The zero-order valence-electron chi connectivity index (χ0n) is 16.2. The van der Waals surface area contributed by atoms with Gasteiger partial charge in [0.2, 0.25) is 5.91 Å². The monoisotopic (exact) mass is 452 g/mol. The molecule has 3 rings (SSSR count). The van der Waals surface area contributed by atoms with Crippen LogP contribution in [0.5, 0.6) is 0 Å². The second-order valence-electron chi connectivity index (χ2n) is 6.87. The first-order valence-corrected chi connectivity index (χ1v) is 10.6. The minimum absolute atomic E-state index is 0.133. The summed E-state index contributed by atoms with van der Waals surface area (Å²) in [7, 11) is 0. The first-order chi connectivity index (χ1) is 14.0. The minimum atomic E-state index is -0.133. The number of hydrogen-bond acceptors (Lipinski definition) is 4. The van der Waals surface area contributed by atoms with Crippen LogP contribution in [-0.4, -0.2) is 49.2 Å². The summed E-state index contributed by atoms with van der Waals surface area (Å²) < 4.78 is 0. The molecule has 0 spiro atoms. The van der Waals surface area contributed by atoms with Crippen molar-refractivity contribution in [2.75, 3.05) is 37.6 Å². The van der Waals surface area contributed by atoms with Crippen LogP contribution < -0.4 is 10.3 Å². The smallest absolute Gasteiger partial charge is 0.241 e. The third-order valence-corrected chi connectivity index (χ3v) is 6.22. The van der Waals surface area contributed by atoms with Gasteiger partial charge in [0.1, 0.15) is 0 Å². The van der Waals surface area contributed by atoms with Crippen molar-refractivity contribution in [3.05, 3.63) is 63.1 Å². The number of carbonyl (C=O) groups excluding carboxylic acids is 1. The Morgan fingerprint density at radius 2 is 1.69 bits per heavy atom. The highest BCUT2D eigenvalue weighted by molar-refractivity contribution is 6.49. The molecule has 1 heterocycles. The fraction of sp³-hybridized carbons (Fsp3) is 0.333. The Hall–Kier alpha value is -1.79. The molecular weight excluding hydrogens is 431 g/mol. The van der Waals surface area contributed by atoms with E-state index in [9.17, 15) is 4.79 Å². The number of rotatable bonds is 6. The van der Waals surface area contributed by atoms with Crippen molar-refractivity contribution in [2.45, 2.75) is 13.3 Å². The number of hydrazone groups is 1. The van der Waals surface area contributed by atoms with Crippen molar-refractivity contribution >= 4 is 52.1 Å². The average molecular weight is 454 g/mol. The first-order valence-electron chi connectivity index (χ1n) is 9.45. The standard InChI is InChI=1S/C21H23Cl3N4O/c1-15(17-7-8-18(22)21(24)20(17)23)25-26-19(29)9-10-27-11-13-28(14-12-27)16-5-3-2-4-6-16/h2-8H,9-14H2,1H3,(H,26,29)/b25-15+. The van der Waals surface area contributed by atoms with Crippen LogP contribution in [0.1, 0.15) is 18.9 Å². The summed E-state index contributed by atoms with van der Waals surface area (Å²) in [6.07, 6.45) is 0.386. The lowest BCUT2D eigenvalue weighted by Gasteiger charge is -2.36. The van der Waals surface area contributed by atoms with E-state index in [0.29, 0.717) is 34.3 Å². The normalized spacial score (nSPS) is 15.4. The topological polar surface area (TPSA) is 47.9 Å². The molecule has 0 radical (unpaired) electrons. The summed E-state index contributed by atoms with van der Waals surface area (Å²) in [6, 6.07) is 13.8. The van der Waals surface area contributed by atoms with Crippen LogP contribution in [0.2, 0.25) is 15.1 Å². The van der Waals surface area contributed by atoms with Crippen LogP contribution in [0.15, 0.2) is 47.6 Å². The Morgan fingerprint density at radius 3 is 2.38 bits per heavy atom. The van der Waals surface area contributed by atoms with E-state index in [-0.39, 0.29) is 10.9 Å². The molecule has 5 nitrogen and oxygen atoms in total. The predicted molar refractivity (Wildman–Crippen MR) is 122 cm³/mol. The maximum absolute atomic E-state index is 12.2. The number of para-hydroxylation sites is 1. The Bertz CT molecular complexity index is 881. The summed E-state index contributed by atoms with van der Waals surface area (Å²) in [5.74, 6) is -0.133. The Labute approximate surface area is 186 Å². The van der Waals surface area contributed by atoms with Gasteiger partial charge < -0.3 is 4.90 Å². The van der Waals surface area contributed by atoms with Crippen molar-refractivity contribution in [1.29, 1.82) is 0 Å². The second kappa shape index (κ2) is 10.3. The van der Waals surface area contributed by atoms with Crippen molar-refractivity contribution < 1.29 is 4.79 Å². The van der Waals surface area contributed by atoms with E-state index in [1.165, 1.54) is 5.69 Å². The quantitative estimate of drug-likeness (QED) is 0.392. The minimum Gasteiger partial charge on any atom is -0.369 e. The second-order valence-corrected chi connectivity index (χ2v) is 8.03. The summed E-state index contributed by atoms with van der Waals surface area (Å²) in [5, 5.41) is 5.13. The number of nitrogens with one attached hydrogen (secondary N) is 1. The number of carbonyl (C=O) groups is 1. The average Bonchev–Trinajstić information content (AvgIpc) is 2.75. The largest absolute Gasteiger partial charge is 0.369 e. The van der Waals surface area contributed by atoms with E-state index < -0.39 is 0 Å². The van der Waals surface area contributed by atoms with E-state index in [1.54, 1.807) is 19.1 Å². The molecule has 0 bridgehead atoms. The highest BCUT2D eigenvalue weighted by Gasteiger charge is 2.17. The fourth-order valence-electron chi connectivity index (χ4n) is 3.20. The zero-order valence-corrected chi connectivity index (χ0v) is 18.4. The van der Waals surface area contributed by atoms with Gasteiger partial charge in [-0.2, -0.15) is 5.10 Å². The maximum Gasteiger partial charge on any atom is 0.241 e. The molecule has 0 saturated carbocycles. The number of hydrogen-bond donors (Lipinski definition) is 1. The molecule has 1 N–H and O–H groups in total. The molecule has 0 aromatic heterocycles. The highest BCUT2D eigenvalue weighted by Crippen LogP contribution is 2.32. The van der Waals surface area contributed by atoms with E-state index >= 15 is 0 Å². The van der Waals surface area contributed by atoms with E-state index in [4.69, 9.17) is 34.8 Å². The third-order valence-electron chi connectivity index (χ3n) is 4.92. The molecule has 0 aliphatic carbocycles. The summed E-state index contributed by atoms with van der Waals surface area (Å²) >= 11 is 18.2. The van der Waals surface area contributed by atoms with Crippen molar-refractivity contribution in [3.63, 3.8) is 0 Å². The molecule has 8 heteroatoms. The fourth-order valence-corrected chi connectivity index (χ4v) is 3.87. The molecule has 29 heavy (non-hydrogen) atoms. The summed E-state index contributed by atoms with van der Waals surface area (Å²) in [6.45, 7) is 6.25. The number of piperazine rings is 1. The molecule has 1 saturated heterocycles. The van der Waals surface area contributed by atoms with Gasteiger partial charge in [-0.1, -0.05) is 59.1 Å². The maximum atomic E-state index is 12.2. The summed E-state index contributed by atoms with van der Waals surface area (Å²) in [4.78, 5) is 16.8. The van der Waals surface area contributed by atoms with E-state index in [1.807, 2.05) is 6.07 Å². The molecule has 154 valence electrons. The lowest BCUT2D eigenvalue weighted by atomic mass is 10.1.